The van der Waals surface area contributed by atoms with Gasteiger partial charge in [-0.15, -0.1) is 13.2 Å². The molecule has 0 aromatic rings. The Kier molecular flexibility index (Phi) is 15.6. The second kappa shape index (κ2) is 16.8. The van der Waals surface area contributed by atoms with E-state index in [1.165, 1.54) is 4.74 Å². The van der Waals surface area contributed by atoms with Crippen molar-refractivity contribution < 1.29 is 144 Å². The van der Waals surface area contributed by atoms with E-state index in [2.05, 4.69) is 38.7 Å². The van der Waals surface area contributed by atoms with Crippen LogP contribution >= 0.6 is 0 Å². The molecule has 0 heterocycles. The lowest BCUT2D eigenvalue weighted by Gasteiger charge is -2.50. The van der Waals surface area contributed by atoms with Crippen molar-refractivity contribution in [3.05, 3.63) is 38.0 Å². The molecule has 0 rings (SSSR count). The lowest BCUT2D eigenvalue weighted by molar-refractivity contribution is -0.588. The van der Waals surface area contributed by atoms with Gasteiger partial charge >= 0.3 is 78.7 Å². The Morgan fingerprint density at radius 3 is 0.929 bits per heavy atom. The molecule has 0 N–H and O–H groups in total. The summed E-state index contributed by atoms with van der Waals surface area (Å²) in [5, 5.41) is 0. The molecule has 0 fully saturated rings. The van der Waals surface area contributed by atoms with Crippen LogP contribution in [0.1, 0.15) is 0 Å². The first-order chi connectivity index (χ1) is 24.6. The smallest absolute Gasteiger partial charge is 0.456 e. The molecule has 0 saturated carbocycles. The second-order valence-corrected chi connectivity index (χ2v) is 9.66. The van der Waals surface area contributed by atoms with Crippen LogP contribution < -0.4 is 0 Å². The molecular formula is C24H16F22O10. The SMILES string of the molecule is C=CC(=O)OCC(F)(OC(F)C(C(F)(F)OC(F)(F)F)(C(F)(F)OC(F)(COC(=O)C=C)C(F)(F)F)C(F)(F)OC(F)(COC(=O)C=C)C(F)(F)F)C(F)(F)F. The Morgan fingerprint density at radius 1 is 0.446 bits per heavy atom. The summed E-state index contributed by atoms with van der Waals surface area (Å²) >= 11 is 0. The van der Waals surface area contributed by atoms with Gasteiger partial charge < -0.3 is 14.2 Å². The van der Waals surface area contributed by atoms with Crippen LogP contribution in [0.3, 0.4) is 0 Å². The first-order valence-electron chi connectivity index (χ1n) is 12.9. The molecule has 10 nitrogen and oxygen atoms in total. The minimum absolute atomic E-state index is 0.280. The normalized spacial score (nSPS) is 18.5. The first kappa shape index (κ1) is 51.9. The second-order valence-electron chi connectivity index (χ2n) is 9.66. The maximum atomic E-state index is 15.7. The number of rotatable bonds is 20. The molecule has 0 aliphatic rings. The van der Waals surface area contributed by atoms with Gasteiger partial charge in [0.25, 0.3) is 5.41 Å². The van der Waals surface area contributed by atoms with Crippen LogP contribution in [0.5, 0.6) is 0 Å². The molecule has 32 heteroatoms. The van der Waals surface area contributed by atoms with Crippen molar-refractivity contribution >= 4 is 17.9 Å². The quantitative estimate of drug-likeness (QED) is 0.0527. The molecule has 0 bridgehead atoms. The van der Waals surface area contributed by atoms with Gasteiger partial charge in [0.15, 0.2) is 19.8 Å². The van der Waals surface area contributed by atoms with Crippen LogP contribution in [0.2, 0.25) is 0 Å². The summed E-state index contributed by atoms with van der Waals surface area (Å²) in [6, 6.07) is 0. The Balaban J connectivity index is 8.82. The number of halogens is 22. The molecule has 0 aromatic heterocycles. The van der Waals surface area contributed by atoms with E-state index >= 15 is 43.9 Å². The van der Waals surface area contributed by atoms with Crippen molar-refractivity contribution in [2.45, 2.75) is 67.1 Å². The summed E-state index contributed by atoms with van der Waals surface area (Å²) in [5.41, 5.74) is -8.94. The molecule has 0 aromatic carbocycles. The Hall–Kier alpha value is -4.07. The van der Waals surface area contributed by atoms with Crippen LogP contribution in [0.15, 0.2) is 38.0 Å². The molecule has 0 aliphatic carbocycles. The number of hydrogen-bond acceptors (Lipinski definition) is 10. The fourth-order valence-electron chi connectivity index (χ4n) is 3.14. The maximum Gasteiger partial charge on any atom is 0.527 e. The van der Waals surface area contributed by atoms with E-state index in [9.17, 15) is 67.1 Å². The molecule has 0 aliphatic heterocycles. The van der Waals surface area contributed by atoms with Crippen LogP contribution in [0.25, 0.3) is 0 Å². The van der Waals surface area contributed by atoms with E-state index in [-0.39, 0.29) is 18.2 Å². The van der Waals surface area contributed by atoms with Gasteiger partial charge in [0.05, 0.1) is 0 Å². The third kappa shape index (κ3) is 11.3. The predicted octanol–water partition coefficient (Wildman–Crippen LogP) is 7.50. The Morgan fingerprint density at radius 2 is 0.696 bits per heavy atom. The summed E-state index contributed by atoms with van der Waals surface area (Å²) in [6.07, 6.45) is -64.8. The third-order valence-electron chi connectivity index (χ3n) is 5.80. The van der Waals surface area contributed by atoms with Gasteiger partial charge in [0.1, 0.15) is 0 Å². The zero-order valence-corrected chi connectivity index (χ0v) is 25.9. The number of hydrogen-bond donors (Lipinski definition) is 0. The molecule has 0 spiro atoms. The average molecular weight is 882 g/mol. The molecule has 0 amide bonds. The van der Waals surface area contributed by atoms with Crippen molar-refractivity contribution in [1.82, 2.24) is 0 Å². The van der Waals surface area contributed by atoms with E-state index < -0.39 is 110 Å². The highest BCUT2D eigenvalue weighted by molar-refractivity contribution is 5.81. The number of esters is 3. The van der Waals surface area contributed by atoms with Crippen LogP contribution in [-0.2, 0) is 47.5 Å². The first-order valence-corrected chi connectivity index (χ1v) is 12.9. The van der Waals surface area contributed by atoms with Gasteiger partial charge in [0, 0.05) is 18.2 Å². The van der Waals surface area contributed by atoms with E-state index in [1.54, 1.807) is 0 Å². The van der Waals surface area contributed by atoms with Crippen LogP contribution in [-0.4, -0.2) is 105 Å². The summed E-state index contributed by atoms with van der Waals surface area (Å²) in [6.45, 7) is -3.68. The zero-order valence-electron chi connectivity index (χ0n) is 25.9. The van der Waals surface area contributed by atoms with Crippen molar-refractivity contribution in [2.24, 2.45) is 5.41 Å². The van der Waals surface area contributed by atoms with Gasteiger partial charge in [-0.3, -0.25) is 14.2 Å². The third-order valence-corrected chi connectivity index (χ3v) is 5.80. The summed E-state index contributed by atoms with van der Waals surface area (Å²) < 4.78 is 334. The van der Waals surface area contributed by atoms with Gasteiger partial charge in [-0.25, -0.2) is 23.5 Å². The van der Waals surface area contributed by atoms with Gasteiger partial charge in [-0.1, -0.05) is 19.7 Å². The van der Waals surface area contributed by atoms with E-state index in [0.29, 0.717) is 0 Å². The molecule has 56 heavy (non-hydrogen) atoms. The summed E-state index contributed by atoms with van der Waals surface area (Å²) in [4.78, 5) is 33.3. The lowest BCUT2D eigenvalue weighted by atomic mass is 9.81. The molecule has 4 atom stereocenters. The number of alkyl halides is 22. The van der Waals surface area contributed by atoms with Crippen molar-refractivity contribution in [3.63, 3.8) is 0 Å². The summed E-state index contributed by atoms with van der Waals surface area (Å²) in [5.74, 6) is -28.3. The maximum absolute atomic E-state index is 15.7. The Labute approximate surface area is 293 Å². The zero-order chi connectivity index (χ0) is 45.0. The van der Waals surface area contributed by atoms with Crippen molar-refractivity contribution in [1.29, 1.82) is 0 Å². The minimum Gasteiger partial charge on any atom is -0.456 e. The van der Waals surface area contributed by atoms with E-state index in [0.717, 1.165) is 0 Å². The van der Waals surface area contributed by atoms with Gasteiger partial charge in [-0.05, 0) is 0 Å². The molecule has 0 radical (unpaired) electrons. The highest BCUT2D eigenvalue weighted by Gasteiger charge is 2.92. The largest absolute Gasteiger partial charge is 0.527 e. The molecule has 326 valence electrons. The summed E-state index contributed by atoms with van der Waals surface area (Å²) in [7, 11) is 0. The van der Waals surface area contributed by atoms with Crippen molar-refractivity contribution in [2.75, 3.05) is 19.8 Å². The van der Waals surface area contributed by atoms with Gasteiger partial charge in [-0.2, -0.15) is 79.0 Å². The standard InChI is InChI=1S/C24H16F22O10/c1-4-10(47)50-7-14(26,18(29,30)31)53-13(25)17(23(42,43)56-24(44,45)46,21(38,39)54-15(27,19(32,33)34)8-51-11(48)5-2)22(40,41)55-16(28,20(35,36)37)9-52-12(49)6-3/h4-6,13H,1-3,7-9H2. The number of ether oxygens (including phenoxy) is 7. The van der Waals surface area contributed by atoms with E-state index in [4.69, 9.17) is 0 Å². The van der Waals surface area contributed by atoms with Gasteiger partial charge in [0.2, 0.25) is 6.36 Å². The number of carbonyl (C=O) groups is 3. The molecular weight excluding hydrogens is 866 g/mol. The monoisotopic (exact) mass is 882 g/mol. The fourth-order valence-corrected chi connectivity index (χ4v) is 3.14. The number of carbonyl (C=O) groups excluding carboxylic acids is 3. The highest BCUT2D eigenvalue weighted by atomic mass is 19.4. The van der Waals surface area contributed by atoms with E-state index in [1.807, 2.05) is 9.47 Å². The molecule has 0 saturated heterocycles. The lowest BCUT2D eigenvalue weighted by Crippen LogP contribution is -2.75. The molecule has 4 unspecified atom stereocenters. The van der Waals surface area contributed by atoms with Crippen molar-refractivity contribution in [3.8, 4) is 0 Å². The van der Waals surface area contributed by atoms with Crippen LogP contribution in [0, 0.1) is 5.41 Å². The predicted molar refractivity (Wildman–Crippen MR) is 126 cm³/mol. The Bertz CT molecular complexity index is 1380. The fraction of sp³-hybridized carbons (Fsp3) is 0.625. The minimum atomic E-state index is -8.94. The average Bonchev–Trinajstić information content (AvgIpc) is 2.97. The highest BCUT2D eigenvalue weighted by Crippen LogP contribution is 2.66. The topological polar surface area (TPSA) is 116 Å². The van der Waals surface area contributed by atoms with Crippen LogP contribution in [0.4, 0.5) is 96.6 Å².